The maximum absolute atomic E-state index is 11.1. The van der Waals surface area contributed by atoms with Crippen molar-refractivity contribution >= 4 is 11.7 Å². The summed E-state index contributed by atoms with van der Waals surface area (Å²) in [6.45, 7) is 0.378. The van der Waals surface area contributed by atoms with Gasteiger partial charge in [0.1, 0.15) is 11.9 Å². The summed E-state index contributed by atoms with van der Waals surface area (Å²) in [6, 6.07) is 6.32. The number of benzene rings is 1. The van der Waals surface area contributed by atoms with Crippen LogP contribution >= 0.6 is 0 Å². The number of carboxylic acids is 1. The van der Waals surface area contributed by atoms with Crippen LogP contribution in [0, 0.1) is 0 Å². The molecule has 0 saturated heterocycles. The molecule has 0 unspecified atom stereocenters. The maximum Gasteiger partial charge on any atom is 0.339 e. The van der Waals surface area contributed by atoms with Crippen molar-refractivity contribution in [2.75, 3.05) is 5.32 Å². The summed E-state index contributed by atoms with van der Waals surface area (Å²) in [5, 5.41) is 12.3. The molecular formula is C15H15N3O2. The second kappa shape index (κ2) is 5.28. The van der Waals surface area contributed by atoms with Gasteiger partial charge >= 0.3 is 5.97 Å². The molecular weight excluding hydrogens is 254 g/mol. The lowest BCUT2D eigenvalue weighted by Crippen LogP contribution is -2.10. The molecule has 0 spiro atoms. The average molecular weight is 269 g/mol. The molecule has 2 aromatic rings. The molecule has 1 aromatic carbocycles. The molecule has 3 rings (SSSR count). The quantitative estimate of drug-likeness (QED) is 0.890. The van der Waals surface area contributed by atoms with Gasteiger partial charge in [-0.3, -0.25) is 0 Å². The van der Waals surface area contributed by atoms with Crippen LogP contribution in [-0.2, 0) is 19.4 Å². The summed E-state index contributed by atoms with van der Waals surface area (Å²) in [4.78, 5) is 18.9. The first-order chi connectivity index (χ1) is 9.74. The van der Waals surface area contributed by atoms with Gasteiger partial charge in [0.2, 0.25) is 0 Å². The van der Waals surface area contributed by atoms with E-state index in [2.05, 4.69) is 27.4 Å². The van der Waals surface area contributed by atoms with Crippen molar-refractivity contribution in [1.29, 1.82) is 0 Å². The van der Waals surface area contributed by atoms with Gasteiger partial charge in [0.25, 0.3) is 0 Å². The van der Waals surface area contributed by atoms with E-state index in [4.69, 9.17) is 5.11 Å². The fourth-order valence-electron chi connectivity index (χ4n) is 2.54. The topological polar surface area (TPSA) is 75.1 Å². The second-order valence-electron chi connectivity index (χ2n) is 4.88. The third-order valence-electron chi connectivity index (χ3n) is 3.58. The van der Waals surface area contributed by atoms with Crippen LogP contribution in [0.5, 0.6) is 0 Å². The van der Waals surface area contributed by atoms with Crippen LogP contribution in [0.3, 0.4) is 0 Å². The van der Waals surface area contributed by atoms with Crippen molar-refractivity contribution in [1.82, 2.24) is 9.97 Å². The number of hydrogen-bond donors (Lipinski definition) is 2. The lowest BCUT2D eigenvalue weighted by molar-refractivity contribution is 0.0694. The van der Waals surface area contributed by atoms with Crippen molar-refractivity contribution < 1.29 is 9.90 Å². The Hall–Kier alpha value is -2.43. The minimum atomic E-state index is -1.00. The SMILES string of the molecule is O=C(O)c1cncnc1CNc1ccc2c(c1)CCC2. The van der Waals surface area contributed by atoms with Gasteiger partial charge in [-0.2, -0.15) is 0 Å². The van der Waals surface area contributed by atoms with Crippen molar-refractivity contribution in [2.45, 2.75) is 25.8 Å². The first-order valence-corrected chi connectivity index (χ1v) is 6.62. The smallest absolute Gasteiger partial charge is 0.339 e. The summed E-state index contributed by atoms with van der Waals surface area (Å²) >= 11 is 0. The van der Waals surface area contributed by atoms with Gasteiger partial charge in [0.05, 0.1) is 12.2 Å². The molecule has 1 heterocycles. The summed E-state index contributed by atoms with van der Waals surface area (Å²) in [6.07, 6.45) is 6.19. The van der Waals surface area contributed by atoms with E-state index in [1.54, 1.807) is 0 Å². The van der Waals surface area contributed by atoms with Gasteiger partial charge in [0, 0.05) is 11.9 Å². The summed E-state index contributed by atoms with van der Waals surface area (Å²) in [5.41, 5.74) is 4.44. The Labute approximate surface area is 116 Å². The zero-order chi connectivity index (χ0) is 13.9. The molecule has 1 aromatic heterocycles. The highest BCUT2D eigenvalue weighted by Crippen LogP contribution is 2.25. The Morgan fingerprint density at radius 3 is 3.00 bits per heavy atom. The fourth-order valence-corrected chi connectivity index (χ4v) is 2.54. The first-order valence-electron chi connectivity index (χ1n) is 6.62. The molecule has 5 nitrogen and oxygen atoms in total. The molecule has 0 aliphatic heterocycles. The van der Waals surface area contributed by atoms with Crippen LogP contribution in [0.4, 0.5) is 5.69 Å². The number of anilines is 1. The van der Waals surface area contributed by atoms with Crippen molar-refractivity contribution in [3.8, 4) is 0 Å². The minimum absolute atomic E-state index is 0.140. The highest BCUT2D eigenvalue weighted by molar-refractivity contribution is 5.88. The predicted octanol–water partition coefficient (Wildman–Crippen LogP) is 2.28. The van der Waals surface area contributed by atoms with Crippen molar-refractivity contribution in [3.63, 3.8) is 0 Å². The largest absolute Gasteiger partial charge is 0.478 e. The number of nitrogens with zero attached hydrogens (tertiary/aromatic N) is 2. The Morgan fingerprint density at radius 2 is 2.15 bits per heavy atom. The molecule has 0 atom stereocenters. The summed E-state index contributed by atoms with van der Waals surface area (Å²) < 4.78 is 0. The van der Waals surface area contributed by atoms with Crippen LogP contribution in [0.2, 0.25) is 0 Å². The fraction of sp³-hybridized carbons (Fsp3) is 0.267. The number of aromatic nitrogens is 2. The van der Waals surface area contributed by atoms with Crippen LogP contribution in [0.25, 0.3) is 0 Å². The Bertz CT molecular complexity index is 655. The van der Waals surface area contributed by atoms with Gasteiger partial charge in [-0.1, -0.05) is 6.07 Å². The molecule has 0 fully saturated rings. The monoisotopic (exact) mass is 269 g/mol. The van der Waals surface area contributed by atoms with Gasteiger partial charge in [-0.25, -0.2) is 14.8 Å². The Kier molecular flexibility index (Phi) is 3.33. The van der Waals surface area contributed by atoms with E-state index in [9.17, 15) is 4.79 Å². The molecule has 0 bridgehead atoms. The second-order valence-corrected chi connectivity index (χ2v) is 4.88. The van der Waals surface area contributed by atoms with Crippen LogP contribution < -0.4 is 5.32 Å². The standard InChI is InChI=1S/C15H15N3O2/c19-15(20)13-7-16-9-18-14(13)8-17-12-5-4-10-2-1-3-11(10)6-12/h4-7,9,17H,1-3,8H2,(H,19,20). The first kappa shape index (κ1) is 12.6. The van der Waals surface area contributed by atoms with E-state index in [-0.39, 0.29) is 5.56 Å². The Morgan fingerprint density at radius 1 is 1.30 bits per heavy atom. The highest BCUT2D eigenvalue weighted by atomic mass is 16.4. The molecule has 1 aliphatic rings. The van der Waals surface area contributed by atoms with Gasteiger partial charge in [-0.15, -0.1) is 0 Å². The number of nitrogens with one attached hydrogen (secondary N) is 1. The summed E-state index contributed by atoms with van der Waals surface area (Å²) in [7, 11) is 0. The third kappa shape index (κ3) is 2.47. The number of fused-ring (bicyclic) bond motifs is 1. The van der Waals surface area contributed by atoms with Crippen LogP contribution in [-0.4, -0.2) is 21.0 Å². The highest BCUT2D eigenvalue weighted by Gasteiger charge is 2.13. The van der Waals surface area contributed by atoms with Gasteiger partial charge < -0.3 is 10.4 Å². The number of carbonyl (C=O) groups is 1. The third-order valence-corrected chi connectivity index (χ3v) is 3.58. The number of aryl methyl sites for hydroxylation is 2. The van der Waals surface area contributed by atoms with Gasteiger partial charge in [-0.05, 0) is 42.5 Å². The predicted molar refractivity (Wildman–Crippen MR) is 74.8 cm³/mol. The number of rotatable bonds is 4. The molecule has 20 heavy (non-hydrogen) atoms. The molecule has 1 aliphatic carbocycles. The molecule has 5 heteroatoms. The average Bonchev–Trinajstić information content (AvgIpc) is 2.92. The minimum Gasteiger partial charge on any atom is -0.478 e. The van der Waals surface area contributed by atoms with E-state index >= 15 is 0 Å². The molecule has 0 radical (unpaired) electrons. The molecule has 102 valence electrons. The van der Waals surface area contributed by atoms with E-state index < -0.39 is 5.97 Å². The molecule has 0 saturated carbocycles. The lowest BCUT2D eigenvalue weighted by Gasteiger charge is -2.09. The number of hydrogen-bond acceptors (Lipinski definition) is 4. The molecule has 2 N–H and O–H groups in total. The van der Waals surface area contributed by atoms with Crippen molar-refractivity contribution in [2.24, 2.45) is 0 Å². The van der Waals surface area contributed by atoms with E-state index in [1.807, 2.05) is 6.07 Å². The van der Waals surface area contributed by atoms with Crippen LogP contribution in [0.15, 0.2) is 30.7 Å². The number of aromatic carboxylic acids is 1. The van der Waals surface area contributed by atoms with E-state index in [0.29, 0.717) is 12.2 Å². The number of carboxylic acid groups (broad SMARTS) is 1. The molecule has 0 amide bonds. The van der Waals surface area contributed by atoms with E-state index in [0.717, 1.165) is 18.5 Å². The lowest BCUT2D eigenvalue weighted by atomic mass is 10.1. The zero-order valence-electron chi connectivity index (χ0n) is 11.0. The van der Waals surface area contributed by atoms with Crippen molar-refractivity contribution in [3.05, 3.63) is 53.1 Å². The normalized spacial score (nSPS) is 13.0. The van der Waals surface area contributed by atoms with Crippen LogP contribution in [0.1, 0.15) is 33.6 Å². The maximum atomic E-state index is 11.1. The van der Waals surface area contributed by atoms with Gasteiger partial charge in [0.15, 0.2) is 0 Å². The zero-order valence-corrected chi connectivity index (χ0v) is 11.0. The summed E-state index contributed by atoms with van der Waals surface area (Å²) in [5.74, 6) is -1.00. The van der Waals surface area contributed by atoms with E-state index in [1.165, 1.54) is 30.1 Å². The Balaban J connectivity index is 1.75.